The van der Waals surface area contributed by atoms with E-state index in [2.05, 4.69) is 37.7 Å². The number of benzene rings is 1. The number of aromatic nitrogens is 2. The summed E-state index contributed by atoms with van der Waals surface area (Å²) in [4.78, 5) is 39.0. The maximum Gasteiger partial charge on any atom is 0.244 e. The topological polar surface area (TPSA) is 135 Å². The summed E-state index contributed by atoms with van der Waals surface area (Å²) in [6.45, 7) is 5.32. The van der Waals surface area contributed by atoms with Gasteiger partial charge in [-0.2, -0.15) is 4.98 Å². The third-order valence-corrected chi connectivity index (χ3v) is 9.11. The van der Waals surface area contributed by atoms with E-state index in [1.54, 1.807) is 7.11 Å². The number of rotatable bonds is 8. The Labute approximate surface area is 244 Å². The minimum absolute atomic E-state index is 0.109. The summed E-state index contributed by atoms with van der Waals surface area (Å²) >= 11 is 6.48. The largest absolute Gasteiger partial charge is 0.494 e. The fraction of sp³-hybridized carbons (Fsp3) is 0.517. The Kier molecular flexibility index (Phi) is 7.76. The van der Waals surface area contributed by atoms with Crippen LogP contribution in [-0.4, -0.2) is 78.7 Å². The van der Waals surface area contributed by atoms with Crippen LogP contribution in [0.3, 0.4) is 0 Å². The molecule has 0 radical (unpaired) electrons. The maximum absolute atomic E-state index is 13.7. The summed E-state index contributed by atoms with van der Waals surface area (Å²) < 4.78 is 11.4. The molecule has 218 valence electrons. The molecule has 6 rings (SSSR count). The van der Waals surface area contributed by atoms with Crippen LogP contribution in [-0.2, 0) is 20.7 Å². The number of carbonyl (C=O) groups excluding carboxylic acids is 2. The molecular formula is C29H36ClN7O4. The van der Waals surface area contributed by atoms with Crippen molar-refractivity contribution in [2.75, 3.05) is 55.5 Å². The molecular weight excluding hydrogens is 546 g/mol. The first kappa shape index (κ1) is 27.7. The van der Waals surface area contributed by atoms with Gasteiger partial charge in [-0.25, -0.2) is 4.98 Å². The van der Waals surface area contributed by atoms with E-state index in [0.717, 1.165) is 30.8 Å². The number of primary amides is 1. The highest BCUT2D eigenvalue weighted by Crippen LogP contribution is 2.45. The number of ether oxygens (including phenoxy) is 2. The summed E-state index contributed by atoms with van der Waals surface area (Å²) in [5.41, 5.74) is 8.25. The molecule has 1 aromatic carbocycles. The minimum Gasteiger partial charge on any atom is -0.494 e. The first-order chi connectivity index (χ1) is 19.9. The lowest BCUT2D eigenvalue weighted by Gasteiger charge is -2.35. The number of hydrogen-bond donors (Lipinski definition) is 3. The number of halogens is 1. The van der Waals surface area contributed by atoms with Crippen LogP contribution in [0.2, 0.25) is 5.02 Å². The SMILES string of the molecule is CCN1C(=O)[C@H](N2CCOCC2)CCc2c1ccc(Nc1ncc(Cl)c(N[C@H]3[C@@H](C(N)=O)[C@@H]4C=C[C@H]3C4)n1)c2OC. The molecule has 2 aromatic rings. The van der Waals surface area contributed by atoms with Crippen LogP contribution in [0.25, 0.3) is 0 Å². The first-order valence-corrected chi connectivity index (χ1v) is 14.6. The van der Waals surface area contributed by atoms with Gasteiger partial charge in [-0.05, 0) is 50.2 Å². The Balaban J connectivity index is 1.26. The van der Waals surface area contributed by atoms with Crippen molar-refractivity contribution < 1.29 is 19.1 Å². The van der Waals surface area contributed by atoms with Gasteiger partial charge in [0.1, 0.15) is 10.8 Å². The van der Waals surface area contributed by atoms with Crippen LogP contribution < -0.4 is 26.0 Å². The number of allylic oxidation sites excluding steroid dienone is 1. The fourth-order valence-electron chi connectivity index (χ4n) is 6.91. The lowest BCUT2D eigenvalue weighted by atomic mass is 9.88. The van der Waals surface area contributed by atoms with Crippen molar-refractivity contribution in [1.29, 1.82) is 0 Å². The third-order valence-electron chi connectivity index (χ3n) is 8.83. The third kappa shape index (κ3) is 5.11. The Hall–Kier alpha value is -3.41. The van der Waals surface area contributed by atoms with E-state index in [-0.39, 0.29) is 41.7 Å². The van der Waals surface area contributed by atoms with Gasteiger partial charge in [0, 0.05) is 31.2 Å². The van der Waals surface area contributed by atoms with Crippen molar-refractivity contribution in [3.05, 3.63) is 41.1 Å². The lowest BCUT2D eigenvalue weighted by molar-refractivity contribution is -0.125. The number of nitrogens with two attached hydrogens (primary N) is 1. The van der Waals surface area contributed by atoms with Gasteiger partial charge in [-0.3, -0.25) is 14.5 Å². The Morgan fingerprint density at radius 1 is 1.24 bits per heavy atom. The van der Waals surface area contributed by atoms with Gasteiger partial charge in [0.2, 0.25) is 17.8 Å². The van der Waals surface area contributed by atoms with E-state index in [4.69, 9.17) is 26.8 Å². The smallest absolute Gasteiger partial charge is 0.244 e. The van der Waals surface area contributed by atoms with Crippen LogP contribution >= 0.6 is 11.6 Å². The fourth-order valence-corrected chi connectivity index (χ4v) is 7.06. The molecule has 4 N–H and O–H groups in total. The molecule has 0 unspecified atom stereocenters. The normalized spacial score (nSPS) is 27.4. The summed E-state index contributed by atoms with van der Waals surface area (Å²) in [6.07, 6.45) is 7.99. The molecule has 2 amide bonds. The Morgan fingerprint density at radius 2 is 2.02 bits per heavy atom. The molecule has 1 saturated carbocycles. The van der Waals surface area contributed by atoms with Crippen molar-refractivity contribution in [1.82, 2.24) is 14.9 Å². The molecule has 2 fully saturated rings. The van der Waals surface area contributed by atoms with E-state index < -0.39 is 0 Å². The molecule has 11 nitrogen and oxygen atoms in total. The maximum atomic E-state index is 13.7. The number of amides is 2. The monoisotopic (exact) mass is 581 g/mol. The minimum atomic E-state index is -0.326. The van der Waals surface area contributed by atoms with Gasteiger partial charge < -0.3 is 30.7 Å². The second kappa shape index (κ2) is 11.5. The average molecular weight is 582 g/mol. The van der Waals surface area contributed by atoms with Gasteiger partial charge in [-0.15, -0.1) is 0 Å². The van der Waals surface area contributed by atoms with Gasteiger partial charge in [-0.1, -0.05) is 23.8 Å². The number of methoxy groups -OCH3 is 1. The van der Waals surface area contributed by atoms with Crippen molar-refractivity contribution in [3.63, 3.8) is 0 Å². The Bertz CT molecular complexity index is 1360. The van der Waals surface area contributed by atoms with Gasteiger partial charge in [0.15, 0.2) is 5.82 Å². The number of nitrogens with one attached hydrogen (secondary N) is 2. The summed E-state index contributed by atoms with van der Waals surface area (Å²) in [6, 6.07) is 3.46. The van der Waals surface area contributed by atoms with Crippen molar-refractivity contribution >= 4 is 46.6 Å². The van der Waals surface area contributed by atoms with Crippen molar-refractivity contribution in [2.45, 2.75) is 38.3 Å². The lowest BCUT2D eigenvalue weighted by Crippen LogP contribution is -2.51. The number of nitrogens with zero attached hydrogens (tertiary/aromatic N) is 4. The van der Waals surface area contributed by atoms with Crippen LogP contribution in [0.15, 0.2) is 30.5 Å². The second-order valence-corrected chi connectivity index (χ2v) is 11.4. The number of fused-ring (bicyclic) bond motifs is 3. The quantitative estimate of drug-likeness (QED) is 0.402. The number of morpholine rings is 1. The molecule has 0 spiro atoms. The number of anilines is 4. The van der Waals surface area contributed by atoms with Crippen molar-refractivity contribution in [3.8, 4) is 5.75 Å². The molecule has 2 bridgehead atoms. The molecule has 1 aromatic heterocycles. The highest BCUT2D eigenvalue weighted by atomic mass is 35.5. The predicted molar refractivity (Wildman–Crippen MR) is 157 cm³/mol. The molecule has 12 heteroatoms. The second-order valence-electron chi connectivity index (χ2n) is 11.0. The summed E-state index contributed by atoms with van der Waals surface area (Å²) in [5.74, 6) is 1.20. The molecule has 2 aliphatic heterocycles. The zero-order chi connectivity index (χ0) is 28.7. The Morgan fingerprint density at radius 3 is 2.76 bits per heavy atom. The zero-order valence-electron chi connectivity index (χ0n) is 23.3. The number of likely N-dealkylation sites (N-methyl/N-ethyl adjacent to an activating group) is 1. The molecule has 1 saturated heterocycles. The van der Waals surface area contributed by atoms with Crippen LogP contribution in [0.5, 0.6) is 5.75 Å². The first-order valence-electron chi connectivity index (χ1n) is 14.3. The van der Waals surface area contributed by atoms with E-state index in [9.17, 15) is 9.59 Å². The van der Waals surface area contributed by atoms with E-state index in [1.807, 2.05) is 24.0 Å². The predicted octanol–water partition coefficient (Wildman–Crippen LogP) is 2.97. The van der Waals surface area contributed by atoms with E-state index >= 15 is 0 Å². The van der Waals surface area contributed by atoms with E-state index in [1.165, 1.54) is 6.20 Å². The molecule has 4 aliphatic rings. The summed E-state index contributed by atoms with van der Waals surface area (Å²) in [5, 5.41) is 7.02. The molecule has 41 heavy (non-hydrogen) atoms. The van der Waals surface area contributed by atoms with Crippen molar-refractivity contribution in [2.24, 2.45) is 23.5 Å². The number of carbonyl (C=O) groups is 2. The van der Waals surface area contributed by atoms with Crippen LogP contribution in [0.4, 0.5) is 23.1 Å². The van der Waals surface area contributed by atoms with Gasteiger partial charge >= 0.3 is 0 Å². The van der Waals surface area contributed by atoms with E-state index in [0.29, 0.717) is 60.8 Å². The molecule has 5 atom stereocenters. The van der Waals surface area contributed by atoms with Gasteiger partial charge in [0.25, 0.3) is 0 Å². The highest BCUT2D eigenvalue weighted by molar-refractivity contribution is 6.32. The van der Waals surface area contributed by atoms with Gasteiger partial charge in [0.05, 0.1) is 49.9 Å². The van der Waals surface area contributed by atoms with Crippen LogP contribution in [0, 0.1) is 17.8 Å². The zero-order valence-corrected chi connectivity index (χ0v) is 24.1. The number of hydrogen-bond acceptors (Lipinski definition) is 9. The summed E-state index contributed by atoms with van der Waals surface area (Å²) in [7, 11) is 1.63. The molecule has 2 aliphatic carbocycles. The molecule has 3 heterocycles. The standard InChI is InChI=1S/C29H36ClN7O4/c1-3-37-21-9-7-20(25(40-2)18(21)6-8-22(28(37)39)36-10-12-41-13-11-36)33-29-32-15-19(30)27(35-29)34-24-17-5-4-16(14-17)23(24)26(31)38/h4-5,7,9,15-17,22-24H,3,6,8,10-14H2,1-2H3,(H2,31,38)(H2,32,33,34,35)/t16-,17+,22-,23+,24-/m1/s1. The van der Waals surface area contributed by atoms with Crippen LogP contribution in [0.1, 0.15) is 25.3 Å². The highest BCUT2D eigenvalue weighted by Gasteiger charge is 2.47. The average Bonchev–Trinajstić information content (AvgIpc) is 3.55.